The summed E-state index contributed by atoms with van der Waals surface area (Å²) in [5, 5.41) is 9.11. The van der Waals surface area contributed by atoms with Crippen LogP contribution >= 0.6 is 0 Å². The van der Waals surface area contributed by atoms with Crippen LogP contribution in [0.1, 0.15) is 10.4 Å². The Labute approximate surface area is 118 Å². The minimum absolute atomic E-state index is 0.117. The molecular weight excluding hydrogens is 277 g/mol. The lowest BCUT2D eigenvalue weighted by Crippen LogP contribution is -2.01. The van der Waals surface area contributed by atoms with Gasteiger partial charge in [-0.2, -0.15) is 0 Å². The smallest absolute Gasteiger partial charge is 0.339 e. The molecule has 0 aliphatic carbocycles. The Morgan fingerprint density at radius 2 is 2.14 bits per heavy atom. The van der Waals surface area contributed by atoms with Gasteiger partial charge < -0.3 is 14.4 Å². The summed E-state index contributed by atoms with van der Waals surface area (Å²) in [4.78, 5) is 19.3. The summed E-state index contributed by atoms with van der Waals surface area (Å²) in [6, 6.07) is 4.96. The van der Waals surface area contributed by atoms with Crippen molar-refractivity contribution >= 4 is 17.0 Å². The molecule has 106 valence electrons. The quantitative estimate of drug-likeness (QED) is 0.801. The van der Waals surface area contributed by atoms with Crippen LogP contribution in [-0.4, -0.2) is 25.6 Å². The Hall–Kier alpha value is -2.96. The molecule has 1 aromatic carbocycles. The number of hydrogen-bond acceptors (Lipinski definition) is 4. The van der Waals surface area contributed by atoms with E-state index >= 15 is 0 Å². The summed E-state index contributed by atoms with van der Waals surface area (Å²) in [7, 11) is 1.81. The fourth-order valence-electron chi connectivity index (χ4n) is 1.97. The van der Waals surface area contributed by atoms with E-state index in [2.05, 4.69) is 9.97 Å². The van der Waals surface area contributed by atoms with E-state index in [0.717, 1.165) is 23.7 Å². The van der Waals surface area contributed by atoms with E-state index in [1.54, 1.807) is 17.0 Å². The first-order chi connectivity index (χ1) is 10.1. The van der Waals surface area contributed by atoms with Crippen molar-refractivity contribution in [1.29, 1.82) is 0 Å². The average Bonchev–Trinajstić information content (AvgIpc) is 2.82. The van der Waals surface area contributed by atoms with Crippen LogP contribution in [0.15, 0.2) is 36.8 Å². The molecule has 0 atom stereocenters. The standard InChI is InChI=1S/C14H10FN3O3/c1-18-7-17-12-10(18)4-5-16-13(12)21-11-6-8(15)2-3-9(11)14(19)20/h2-7H,1H3,(H,19,20). The molecule has 3 aromatic rings. The third-order valence-electron chi connectivity index (χ3n) is 2.99. The van der Waals surface area contributed by atoms with Crippen LogP contribution in [0.2, 0.25) is 0 Å². The Kier molecular flexibility index (Phi) is 3.02. The van der Waals surface area contributed by atoms with Gasteiger partial charge in [0.1, 0.15) is 17.1 Å². The number of aromatic carboxylic acids is 1. The molecule has 7 heteroatoms. The van der Waals surface area contributed by atoms with Gasteiger partial charge in [0.15, 0.2) is 5.52 Å². The van der Waals surface area contributed by atoms with Gasteiger partial charge in [-0.05, 0) is 18.2 Å². The van der Waals surface area contributed by atoms with E-state index in [0.29, 0.717) is 5.52 Å². The molecule has 1 N–H and O–H groups in total. The number of carbonyl (C=O) groups is 1. The number of pyridine rings is 1. The van der Waals surface area contributed by atoms with Crippen molar-refractivity contribution in [2.45, 2.75) is 0 Å². The first-order valence-corrected chi connectivity index (χ1v) is 6.03. The molecule has 0 aliphatic rings. The number of aryl methyl sites for hydroxylation is 1. The van der Waals surface area contributed by atoms with Crippen LogP contribution in [0.5, 0.6) is 11.6 Å². The van der Waals surface area contributed by atoms with Gasteiger partial charge in [-0.25, -0.2) is 19.2 Å². The lowest BCUT2D eigenvalue weighted by Gasteiger charge is -2.08. The highest BCUT2D eigenvalue weighted by atomic mass is 19.1. The van der Waals surface area contributed by atoms with Crippen molar-refractivity contribution < 1.29 is 19.0 Å². The monoisotopic (exact) mass is 287 g/mol. The van der Waals surface area contributed by atoms with Gasteiger partial charge in [0.2, 0.25) is 5.88 Å². The average molecular weight is 287 g/mol. The lowest BCUT2D eigenvalue weighted by atomic mass is 10.2. The van der Waals surface area contributed by atoms with Crippen LogP contribution < -0.4 is 4.74 Å². The van der Waals surface area contributed by atoms with E-state index in [1.165, 1.54) is 6.20 Å². The maximum atomic E-state index is 13.3. The van der Waals surface area contributed by atoms with Crippen molar-refractivity contribution in [1.82, 2.24) is 14.5 Å². The van der Waals surface area contributed by atoms with Crippen molar-refractivity contribution in [3.63, 3.8) is 0 Å². The molecule has 2 aromatic heterocycles. The number of carboxylic acids is 1. The van der Waals surface area contributed by atoms with E-state index in [9.17, 15) is 9.18 Å². The molecule has 0 saturated carbocycles. The minimum Gasteiger partial charge on any atom is -0.478 e. The Balaban J connectivity index is 2.10. The van der Waals surface area contributed by atoms with Gasteiger partial charge in [0, 0.05) is 19.3 Å². The molecule has 0 bridgehead atoms. The van der Waals surface area contributed by atoms with Crippen LogP contribution in [0.25, 0.3) is 11.0 Å². The van der Waals surface area contributed by atoms with Crippen molar-refractivity contribution in [3.05, 3.63) is 48.2 Å². The molecule has 0 spiro atoms. The maximum absolute atomic E-state index is 13.3. The SMILES string of the molecule is Cn1cnc2c(Oc3cc(F)ccc3C(=O)O)nccc21. The number of rotatable bonds is 3. The zero-order valence-corrected chi connectivity index (χ0v) is 10.9. The topological polar surface area (TPSA) is 77.2 Å². The number of halogens is 1. The lowest BCUT2D eigenvalue weighted by molar-refractivity contribution is 0.0694. The molecule has 0 saturated heterocycles. The maximum Gasteiger partial charge on any atom is 0.339 e. The van der Waals surface area contributed by atoms with E-state index in [4.69, 9.17) is 9.84 Å². The third kappa shape index (κ3) is 2.29. The second-order valence-corrected chi connectivity index (χ2v) is 4.39. The van der Waals surface area contributed by atoms with Gasteiger partial charge >= 0.3 is 5.97 Å². The molecule has 0 unspecified atom stereocenters. The highest BCUT2D eigenvalue weighted by molar-refractivity contribution is 5.91. The number of aromatic nitrogens is 3. The number of fused-ring (bicyclic) bond motifs is 1. The normalized spacial score (nSPS) is 10.8. The highest BCUT2D eigenvalue weighted by Crippen LogP contribution is 2.29. The Morgan fingerprint density at radius 3 is 2.90 bits per heavy atom. The van der Waals surface area contributed by atoms with Gasteiger partial charge in [-0.15, -0.1) is 0 Å². The summed E-state index contributed by atoms with van der Waals surface area (Å²) in [5.41, 5.74) is 1.10. The number of benzene rings is 1. The second-order valence-electron chi connectivity index (χ2n) is 4.39. The van der Waals surface area contributed by atoms with Gasteiger partial charge in [0.05, 0.1) is 11.8 Å². The molecule has 6 nitrogen and oxygen atoms in total. The first kappa shape index (κ1) is 13.0. The number of hydrogen-bond donors (Lipinski definition) is 1. The van der Waals surface area contributed by atoms with E-state index < -0.39 is 11.8 Å². The number of nitrogens with zero attached hydrogens (tertiary/aromatic N) is 3. The molecule has 3 rings (SSSR count). The van der Waals surface area contributed by atoms with Crippen molar-refractivity contribution in [3.8, 4) is 11.6 Å². The predicted molar refractivity (Wildman–Crippen MR) is 71.9 cm³/mol. The molecule has 0 fully saturated rings. The second kappa shape index (κ2) is 4.86. The largest absolute Gasteiger partial charge is 0.478 e. The fourth-order valence-corrected chi connectivity index (χ4v) is 1.97. The van der Waals surface area contributed by atoms with Crippen LogP contribution in [-0.2, 0) is 7.05 Å². The molecule has 0 radical (unpaired) electrons. The summed E-state index contributed by atoms with van der Waals surface area (Å²) >= 11 is 0. The van der Waals surface area contributed by atoms with Crippen LogP contribution in [0.4, 0.5) is 4.39 Å². The molecule has 0 aliphatic heterocycles. The molecule has 21 heavy (non-hydrogen) atoms. The van der Waals surface area contributed by atoms with Gasteiger partial charge in [-0.1, -0.05) is 0 Å². The summed E-state index contributed by atoms with van der Waals surface area (Å²) in [5.74, 6) is -1.80. The number of carboxylic acid groups (broad SMARTS) is 1. The molecule has 0 amide bonds. The summed E-state index contributed by atoms with van der Waals surface area (Å²) < 4.78 is 20.6. The minimum atomic E-state index is -1.21. The predicted octanol–water partition coefficient (Wildman–Crippen LogP) is 2.60. The van der Waals surface area contributed by atoms with E-state index in [1.807, 2.05) is 7.05 Å². The van der Waals surface area contributed by atoms with Crippen molar-refractivity contribution in [2.75, 3.05) is 0 Å². The fraction of sp³-hybridized carbons (Fsp3) is 0.0714. The zero-order valence-electron chi connectivity index (χ0n) is 10.9. The zero-order chi connectivity index (χ0) is 15.0. The summed E-state index contributed by atoms with van der Waals surface area (Å²) in [6.45, 7) is 0. The highest BCUT2D eigenvalue weighted by Gasteiger charge is 2.16. The first-order valence-electron chi connectivity index (χ1n) is 6.03. The Morgan fingerprint density at radius 1 is 1.33 bits per heavy atom. The summed E-state index contributed by atoms with van der Waals surface area (Å²) in [6.07, 6.45) is 3.10. The van der Waals surface area contributed by atoms with Crippen molar-refractivity contribution in [2.24, 2.45) is 7.05 Å². The molecule has 2 heterocycles. The Bertz CT molecular complexity index is 845. The van der Waals surface area contributed by atoms with Gasteiger partial charge in [0.25, 0.3) is 0 Å². The van der Waals surface area contributed by atoms with Crippen LogP contribution in [0.3, 0.4) is 0 Å². The number of imidazole rings is 1. The van der Waals surface area contributed by atoms with Crippen LogP contribution in [0, 0.1) is 5.82 Å². The number of ether oxygens (including phenoxy) is 1. The molecular formula is C14H10FN3O3. The van der Waals surface area contributed by atoms with E-state index in [-0.39, 0.29) is 17.2 Å². The van der Waals surface area contributed by atoms with Gasteiger partial charge in [-0.3, -0.25) is 0 Å². The third-order valence-corrected chi connectivity index (χ3v) is 2.99.